The van der Waals surface area contributed by atoms with Crippen molar-refractivity contribution in [3.63, 3.8) is 0 Å². The fourth-order valence-electron chi connectivity index (χ4n) is 2.63. The molecule has 30 heavy (non-hydrogen) atoms. The summed E-state index contributed by atoms with van der Waals surface area (Å²) in [6, 6.07) is 10.2. The van der Waals surface area contributed by atoms with Crippen LogP contribution in [0.25, 0.3) is 0 Å². The van der Waals surface area contributed by atoms with Crippen LogP contribution < -0.4 is 16.0 Å². The third-order valence-electron chi connectivity index (χ3n) is 4.21. The van der Waals surface area contributed by atoms with Crippen molar-refractivity contribution in [3.8, 4) is 0 Å². The van der Waals surface area contributed by atoms with Gasteiger partial charge in [-0.1, -0.05) is 30.3 Å². The number of hydrogen-bond donors (Lipinski definition) is 3. The number of nitrogens with zero attached hydrogens (tertiary/aromatic N) is 2. The summed E-state index contributed by atoms with van der Waals surface area (Å²) >= 11 is 1.35. The Hall–Kier alpha value is -1.72. The number of aromatic nitrogens is 1. The molecule has 1 atom stereocenters. The molecule has 9 heteroatoms. The Morgan fingerprint density at radius 1 is 1.20 bits per heavy atom. The van der Waals surface area contributed by atoms with Crippen molar-refractivity contribution < 1.29 is 9.53 Å². The molecule has 1 aromatic heterocycles. The van der Waals surface area contributed by atoms with E-state index in [0.717, 1.165) is 24.6 Å². The third-order valence-corrected chi connectivity index (χ3v) is 5.14. The molecule has 166 valence electrons. The van der Waals surface area contributed by atoms with Gasteiger partial charge in [-0.15, -0.1) is 35.3 Å². The van der Waals surface area contributed by atoms with Gasteiger partial charge in [0.15, 0.2) is 5.96 Å². The Labute approximate surface area is 200 Å². The number of carbonyl (C=O) groups excluding carboxylic acids is 1. The first-order valence-corrected chi connectivity index (χ1v) is 10.9. The topological polar surface area (TPSA) is 87.6 Å². The van der Waals surface area contributed by atoms with E-state index in [0.29, 0.717) is 31.1 Å². The van der Waals surface area contributed by atoms with Crippen molar-refractivity contribution >= 4 is 47.2 Å². The highest BCUT2D eigenvalue weighted by atomic mass is 127. The summed E-state index contributed by atoms with van der Waals surface area (Å²) in [4.78, 5) is 21.4. The predicted molar refractivity (Wildman–Crippen MR) is 134 cm³/mol. The molecule has 0 saturated heterocycles. The number of ether oxygens (including phenoxy) is 1. The summed E-state index contributed by atoms with van der Waals surface area (Å²) in [6.45, 7) is 9.13. The molecule has 0 saturated carbocycles. The van der Waals surface area contributed by atoms with E-state index < -0.39 is 0 Å². The lowest BCUT2D eigenvalue weighted by Gasteiger charge is -2.14. The van der Waals surface area contributed by atoms with Crippen LogP contribution in [0, 0.1) is 6.92 Å². The number of amides is 1. The first-order valence-electron chi connectivity index (χ1n) is 9.98. The highest BCUT2D eigenvalue weighted by molar-refractivity contribution is 14.0. The lowest BCUT2D eigenvalue weighted by molar-refractivity contribution is 0.0652. The zero-order valence-electron chi connectivity index (χ0n) is 17.8. The highest BCUT2D eigenvalue weighted by Crippen LogP contribution is 2.15. The van der Waals surface area contributed by atoms with E-state index in [1.165, 1.54) is 16.9 Å². The maximum atomic E-state index is 12.1. The van der Waals surface area contributed by atoms with Crippen LogP contribution in [0.15, 0.2) is 40.8 Å². The lowest BCUT2D eigenvalue weighted by Crippen LogP contribution is -2.41. The Morgan fingerprint density at radius 3 is 2.60 bits per heavy atom. The van der Waals surface area contributed by atoms with Crippen molar-refractivity contribution in [2.24, 2.45) is 4.99 Å². The number of benzene rings is 1. The zero-order chi connectivity index (χ0) is 20.9. The molecule has 3 N–H and O–H groups in total. The lowest BCUT2D eigenvalue weighted by atomic mass is 10.1. The minimum absolute atomic E-state index is 0. The van der Waals surface area contributed by atoms with Gasteiger partial charge in [0.2, 0.25) is 0 Å². The molecule has 0 aliphatic carbocycles. The Bertz CT molecular complexity index is 770. The average Bonchev–Trinajstić information content (AvgIpc) is 3.17. The normalized spacial score (nSPS) is 12.0. The number of rotatable bonds is 11. The Balaban J connectivity index is 0.00000450. The van der Waals surface area contributed by atoms with Gasteiger partial charge in [0, 0.05) is 32.8 Å². The van der Waals surface area contributed by atoms with Crippen molar-refractivity contribution in [1.82, 2.24) is 20.9 Å². The van der Waals surface area contributed by atoms with Crippen molar-refractivity contribution in [3.05, 3.63) is 52.0 Å². The van der Waals surface area contributed by atoms with Gasteiger partial charge in [-0.25, -0.2) is 4.98 Å². The first-order chi connectivity index (χ1) is 14.1. The molecule has 1 heterocycles. The quantitative estimate of drug-likeness (QED) is 0.174. The molecule has 1 unspecified atom stereocenters. The number of aryl methyl sites for hydroxylation is 1. The van der Waals surface area contributed by atoms with Crippen LogP contribution in [0.2, 0.25) is 0 Å². The molecule has 0 radical (unpaired) electrons. The van der Waals surface area contributed by atoms with Gasteiger partial charge >= 0.3 is 0 Å². The summed E-state index contributed by atoms with van der Waals surface area (Å²) in [6.07, 6.45) is 0.923. The molecule has 0 fully saturated rings. The second-order valence-electron chi connectivity index (χ2n) is 6.49. The minimum atomic E-state index is -0.0848. The molecular formula is C21H32IN5O2S. The number of hydrogen-bond acceptors (Lipinski definition) is 5. The van der Waals surface area contributed by atoms with Gasteiger partial charge in [0.1, 0.15) is 4.88 Å². The van der Waals surface area contributed by atoms with Gasteiger partial charge < -0.3 is 20.7 Å². The summed E-state index contributed by atoms with van der Waals surface area (Å²) in [5.74, 6) is 0.658. The molecule has 0 aliphatic rings. The van der Waals surface area contributed by atoms with Gasteiger partial charge in [0.05, 0.1) is 17.3 Å². The van der Waals surface area contributed by atoms with Gasteiger partial charge in [-0.2, -0.15) is 0 Å². The van der Waals surface area contributed by atoms with E-state index in [1.54, 1.807) is 5.51 Å². The molecular weight excluding hydrogens is 513 g/mol. The summed E-state index contributed by atoms with van der Waals surface area (Å²) in [5, 5.41) is 9.34. The number of nitrogens with one attached hydrogen (secondary N) is 3. The third kappa shape index (κ3) is 9.40. The second-order valence-corrected chi connectivity index (χ2v) is 7.34. The van der Waals surface area contributed by atoms with Crippen LogP contribution in [0.1, 0.15) is 47.3 Å². The van der Waals surface area contributed by atoms with Crippen LogP contribution >= 0.6 is 35.3 Å². The Kier molecular flexibility index (Phi) is 13.3. The smallest absolute Gasteiger partial charge is 0.263 e. The van der Waals surface area contributed by atoms with E-state index >= 15 is 0 Å². The zero-order valence-corrected chi connectivity index (χ0v) is 21.0. The van der Waals surface area contributed by atoms with E-state index in [4.69, 9.17) is 4.74 Å². The minimum Gasteiger partial charge on any atom is -0.374 e. The molecule has 2 aromatic rings. The predicted octanol–water partition coefficient (Wildman–Crippen LogP) is 3.52. The van der Waals surface area contributed by atoms with E-state index in [-0.39, 0.29) is 36.0 Å². The monoisotopic (exact) mass is 545 g/mol. The maximum Gasteiger partial charge on any atom is 0.263 e. The SMILES string of the molecule is CCNC(=NCCCOC(C)c1ccccc1)NCCNC(=O)c1scnc1C.I. The largest absolute Gasteiger partial charge is 0.374 e. The number of carbonyl (C=O) groups is 1. The molecule has 7 nitrogen and oxygen atoms in total. The van der Waals surface area contributed by atoms with Crippen LogP contribution in [-0.4, -0.2) is 49.6 Å². The van der Waals surface area contributed by atoms with Crippen LogP contribution in [-0.2, 0) is 4.74 Å². The van der Waals surface area contributed by atoms with Crippen LogP contribution in [0.4, 0.5) is 0 Å². The molecule has 0 aliphatic heterocycles. The molecule has 2 rings (SSSR count). The number of aliphatic imine (C=N–C) groups is 1. The molecule has 0 spiro atoms. The standard InChI is InChI=1S/C21H31N5O2S.HI/c1-4-22-21(25-13-12-23-20(27)19-16(2)26-15-29-19)24-11-8-14-28-17(3)18-9-6-5-7-10-18;/h5-7,9-10,15,17H,4,8,11-14H2,1-3H3,(H,23,27)(H2,22,24,25);1H. The number of halogens is 1. The fourth-order valence-corrected chi connectivity index (χ4v) is 3.35. The van der Waals surface area contributed by atoms with Gasteiger partial charge in [-0.3, -0.25) is 9.79 Å². The maximum absolute atomic E-state index is 12.1. The Morgan fingerprint density at radius 2 is 1.93 bits per heavy atom. The van der Waals surface area contributed by atoms with Crippen molar-refractivity contribution in [2.75, 3.05) is 32.8 Å². The highest BCUT2D eigenvalue weighted by Gasteiger charge is 2.10. The van der Waals surface area contributed by atoms with Crippen LogP contribution in [0.5, 0.6) is 0 Å². The molecule has 1 amide bonds. The van der Waals surface area contributed by atoms with Gasteiger partial charge in [-0.05, 0) is 32.8 Å². The average molecular weight is 545 g/mol. The second kappa shape index (κ2) is 15.1. The first kappa shape index (κ1) is 26.3. The molecule has 0 bridgehead atoms. The van der Waals surface area contributed by atoms with E-state index in [9.17, 15) is 4.79 Å². The van der Waals surface area contributed by atoms with E-state index in [2.05, 4.69) is 45.0 Å². The summed E-state index contributed by atoms with van der Waals surface area (Å²) in [7, 11) is 0. The van der Waals surface area contributed by atoms with Gasteiger partial charge in [0.25, 0.3) is 5.91 Å². The number of thiazole rings is 1. The van der Waals surface area contributed by atoms with E-state index in [1.807, 2.05) is 32.0 Å². The fraction of sp³-hybridized carbons (Fsp3) is 0.476. The van der Waals surface area contributed by atoms with Crippen molar-refractivity contribution in [1.29, 1.82) is 0 Å². The number of guanidine groups is 1. The van der Waals surface area contributed by atoms with Crippen LogP contribution in [0.3, 0.4) is 0 Å². The summed E-state index contributed by atoms with van der Waals surface area (Å²) < 4.78 is 5.88. The molecule has 1 aromatic carbocycles. The van der Waals surface area contributed by atoms with Crippen molar-refractivity contribution in [2.45, 2.75) is 33.3 Å². The summed E-state index contributed by atoms with van der Waals surface area (Å²) in [5.41, 5.74) is 3.63.